The predicted octanol–water partition coefficient (Wildman–Crippen LogP) is 1.59. The summed E-state index contributed by atoms with van der Waals surface area (Å²) >= 11 is 0. The Morgan fingerprint density at radius 1 is 1.32 bits per heavy atom. The van der Waals surface area contributed by atoms with Gasteiger partial charge in [0, 0.05) is 6.04 Å². The summed E-state index contributed by atoms with van der Waals surface area (Å²) in [6.45, 7) is 3.30. The molecule has 2 N–H and O–H groups in total. The summed E-state index contributed by atoms with van der Waals surface area (Å²) in [5.74, 6) is -0.706. The van der Waals surface area contributed by atoms with Crippen LogP contribution in [0.25, 0.3) is 0 Å². The van der Waals surface area contributed by atoms with E-state index in [1.165, 1.54) is 12.1 Å². The maximum absolute atomic E-state index is 13.6. The number of halogens is 2. The molecule has 1 fully saturated rings. The predicted molar refractivity (Wildman–Crippen MR) is 74.6 cm³/mol. The zero-order valence-electron chi connectivity index (χ0n) is 10.6. The topological polar surface area (TPSA) is 58.2 Å². The van der Waals surface area contributed by atoms with E-state index in [2.05, 4.69) is 10.0 Å². The number of hydrogen-bond acceptors (Lipinski definition) is 3. The first-order chi connectivity index (χ1) is 8.49. The van der Waals surface area contributed by atoms with E-state index in [9.17, 15) is 12.8 Å². The van der Waals surface area contributed by atoms with Crippen LogP contribution in [0, 0.1) is 12.7 Å². The highest BCUT2D eigenvalue weighted by Crippen LogP contribution is 2.17. The van der Waals surface area contributed by atoms with Gasteiger partial charge >= 0.3 is 0 Å². The minimum absolute atomic E-state index is 0. The van der Waals surface area contributed by atoms with Gasteiger partial charge in [-0.3, -0.25) is 0 Å². The molecule has 0 spiro atoms. The van der Waals surface area contributed by atoms with Crippen molar-refractivity contribution in [3.05, 3.63) is 29.6 Å². The highest BCUT2D eigenvalue weighted by atomic mass is 35.5. The van der Waals surface area contributed by atoms with Crippen molar-refractivity contribution < 1.29 is 12.8 Å². The van der Waals surface area contributed by atoms with Crippen LogP contribution in [0.4, 0.5) is 4.39 Å². The first-order valence-electron chi connectivity index (χ1n) is 5.98. The van der Waals surface area contributed by atoms with Gasteiger partial charge in [0.1, 0.15) is 10.7 Å². The number of sulfonamides is 1. The van der Waals surface area contributed by atoms with E-state index in [0.29, 0.717) is 0 Å². The minimum Gasteiger partial charge on any atom is -0.317 e. The smallest absolute Gasteiger partial charge is 0.243 e. The first-order valence-corrected chi connectivity index (χ1v) is 7.46. The summed E-state index contributed by atoms with van der Waals surface area (Å²) in [5, 5.41) is 3.15. The van der Waals surface area contributed by atoms with E-state index in [4.69, 9.17) is 0 Å². The SMILES string of the molecule is Cc1ccc(F)c(S(=O)(=O)NC2CCNCC2)c1.Cl. The fraction of sp³-hybridized carbons (Fsp3) is 0.500. The number of piperidine rings is 1. The Morgan fingerprint density at radius 3 is 2.58 bits per heavy atom. The molecule has 0 atom stereocenters. The molecule has 1 aliphatic heterocycles. The van der Waals surface area contributed by atoms with Gasteiger partial charge in [-0.05, 0) is 50.6 Å². The van der Waals surface area contributed by atoms with Gasteiger partial charge in [-0.2, -0.15) is 0 Å². The first kappa shape index (κ1) is 16.4. The van der Waals surface area contributed by atoms with Crippen LogP contribution < -0.4 is 10.0 Å². The van der Waals surface area contributed by atoms with E-state index in [0.717, 1.165) is 31.5 Å². The van der Waals surface area contributed by atoms with Crippen LogP contribution in [0.3, 0.4) is 0 Å². The van der Waals surface area contributed by atoms with Crippen LogP contribution in [0.2, 0.25) is 0 Å². The molecule has 0 amide bonds. The molecule has 7 heteroatoms. The Bertz CT molecular complexity index is 531. The largest absolute Gasteiger partial charge is 0.317 e. The molecule has 4 nitrogen and oxygen atoms in total. The second kappa shape index (κ2) is 6.65. The van der Waals surface area contributed by atoms with Gasteiger partial charge in [-0.15, -0.1) is 12.4 Å². The third-order valence-corrected chi connectivity index (χ3v) is 4.57. The van der Waals surface area contributed by atoms with Crippen molar-refractivity contribution in [3.63, 3.8) is 0 Å². The van der Waals surface area contributed by atoms with Crippen LogP contribution in [0.5, 0.6) is 0 Å². The van der Waals surface area contributed by atoms with E-state index >= 15 is 0 Å². The van der Waals surface area contributed by atoms with Gasteiger partial charge in [0.25, 0.3) is 0 Å². The number of hydrogen-bond donors (Lipinski definition) is 2. The van der Waals surface area contributed by atoms with Crippen molar-refractivity contribution in [2.75, 3.05) is 13.1 Å². The molecule has 0 aromatic heterocycles. The molecular weight excluding hydrogens is 291 g/mol. The van der Waals surface area contributed by atoms with Crippen molar-refractivity contribution in [2.45, 2.75) is 30.7 Å². The molecule has 0 bridgehead atoms. The molecule has 0 aliphatic carbocycles. The number of nitrogens with one attached hydrogen (secondary N) is 2. The fourth-order valence-corrected chi connectivity index (χ4v) is 3.51. The average molecular weight is 309 g/mol. The van der Waals surface area contributed by atoms with Crippen molar-refractivity contribution in [1.29, 1.82) is 0 Å². The van der Waals surface area contributed by atoms with Crippen LogP contribution in [0.15, 0.2) is 23.1 Å². The maximum Gasteiger partial charge on any atom is 0.243 e. The molecule has 108 valence electrons. The monoisotopic (exact) mass is 308 g/mol. The second-order valence-electron chi connectivity index (χ2n) is 4.58. The Hall–Kier alpha value is -0.690. The zero-order chi connectivity index (χ0) is 13.2. The van der Waals surface area contributed by atoms with Crippen molar-refractivity contribution in [2.24, 2.45) is 0 Å². The van der Waals surface area contributed by atoms with Crippen LogP contribution in [-0.4, -0.2) is 27.5 Å². The maximum atomic E-state index is 13.6. The lowest BCUT2D eigenvalue weighted by atomic mass is 10.1. The minimum atomic E-state index is -3.77. The second-order valence-corrected chi connectivity index (χ2v) is 6.26. The van der Waals surface area contributed by atoms with Gasteiger partial charge < -0.3 is 5.32 Å². The molecule has 1 saturated heterocycles. The van der Waals surface area contributed by atoms with Gasteiger partial charge in [0.15, 0.2) is 0 Å². The molecule has 1 aromatic carbocycles. The average Bonchev–Trinajstić information content (AvgIpc) is 2.33. The van der Waals surface area contributed by atoms with Gasteiger partial charge in [-0.25, -0.2) is 17.5 Å². The van der Waals surface area contributed by atoms with Gasteiger partial charge in [0.2, 0.25) is 10.0 Å². The lowest BCUT2D eigenvalue weighted by molar-refractivity contribution is 0.426. The molecular formula is C12H18ClFN2O2S. The van der Waals surface area contributed by atoms with E-state index < -0.39 is 15.8 Å². The summed E-state index contributed by atoms with van der Waals surface area (Å²) in [4.78, 5) is -0.263. The van der Waals surface area contributed by atoms with E-state index in [1.54, 1.807) is 13.0 Å². The standard InChI is InChI=1S/C12H17FN2O2S.ClH/c1-9-2-3-11(13)12(8-9)18(16,17)15-10-4-6-14-7-5-10;/h2-3,8,10,14-15H,4-7H2,1H3;1H. The summed E-state index contributed by atoms with van der Waals surface area (Å²) < 4.78 is 40.4. The number of aryl methyl sites for hydroxylation is 1. The fourth-order valence-electron chi connectivity index (χ4n) is 2.04. The summed E-state index contributed by atoms with van der Waals surface area (Å²) in [6, 6.07) is 3.99. The van der Waals surface area contributed by atoms with Crippen LogP contribution in [0.1, 0.15) is 18.4 Å². The van der Waals surface area contributed by atoms with E-state index in [1.807, 2.05) is 0 Å². The van der Waals surface area contributed by atoms with Gasteiger partial charge in [0.05, 0.1) is 0 Å². The molecule has 0 radical (unpaired) electrons. The highest BCUT2D eigenvalue weighted by molar-refractivity contribution is 7.89. The normalized spacial score (nSPS) is 16.9. The molecule has 2 rings (SSSR count). The van der Waals surface area contributed by atoms with Crippen LogP contribution in [-0.2, 0) is 10.0 Å². The van der Waals surface area contributed by atoms with Crippen molar-refractivity contribution in [3.8, 4) is 0 Å². The van der Waals surface area contributed by atoms with E-state index in [-0.39, 0.29) is 23.3 Å². The zero-order valence-corrected chi connectivity index (χ0v) is 12.3. The lowest BCUT2D eigenvalue weighted by Crippen LogP contribution is -2.42. The summed E-state index contributed by atoms with van der Waals surface area (Å²) in [5.41, 5.74) is 0.724. The van der Waals surface area contributed by atoms with Crippen LogP contribution >= 0.6 is 12.4 Å². The molecule has 0 saturated carbocycles. The van der Waals surface area contributed by atoms with Crippen molar-refractivity contribution >= 4 is 22.4 Å². The van der Waals surface area contributed by atoms with Gasteiger partial charge in [-0.1, -0.05) is 6.07 Å². The number of rotatable bonds is 3. The summed E-state index contributed by atoms with van der Waals surface area (Å²) in [6.07, 6.45) is 1.46. The Morgan fingerprint density at radius 2 is 1.95 bits per heavy atom. The third kappa shape index (κ3) is 4.14. The molecule has 1 aromatic rings. The summed E-state index contributed by atoms with van der Waals surface area (Å²) in [7, 11) is -3.77. The molecule has 0 unspecified atom stereocenters. The quantitative estimate of drug-likeness (QED) is 0.891. The number of benzene rings is 1. The molecule has 1 heterocycles. The Labute approximate surface area is 119 Å². The lowest BCUT2D eigenvalue weighted by Gasteiger charge is -2.23. The third-order valence-electron chi connectivity index (χ3n) is 3.04. The highest BCUT2D eigenvalue weighted by Gasteiger charge is 2.24. The Kier molecular flexibility index (Phi) is 5.73. The molecule has 1 aliphatic rings. The molecule has 19 heavy (non-hydrogen) atoms. The Balaban J connectivity index is 0.00000180. The van der Waals surface area contributed by atoms with Crippen molar-refractivity contribution in [1.82, 2.24) is 10.0 Å².